The molecule has 112 valence electrons. The van der Waals surface area contributed by atoms with Crippen LogP contribution in [0, 0.1) is 6.92 Å². The normalized spacial score (nSPS) is 18.1. The molecular weight excluding hydrogens is 262 g/mol. The maximum absolute atomic E-state index is 6.27. The first kappa shape index (κ1) is 14.1. The van der Waals surface area contributed by atoms with Gasteiger partial charge in [0.2, 0.25) is 0 Å². The van der Waals surface area contributed by atoms with Crippen molar-refractivity contribution in [3.63, 3.8) is 0 Å². The van der Waals surface area contributed by atoms with Gasteiger partial charge in [0.15, 0.2) is 0 Å². The predicted octanol–water partition coefficient (Wildman–Crippen LogP) is 2.97. The zero-order valence-electron chi connectivity index (χ0n) is 12.8. The number of hydrogen-bond acceptors (Lipinski definition) is 3. The lowest BCUT2D eigenvalue weighted by atomic mass is 10.1. The highest BCUT2D eigenvalue weighted by Gasteiger charge is 2.17. The molecule has 4 heteroatoms. The summed E-state index contributed by atoms with van der Waals surface area (Å²) in [4.78, 5) is 4.59. The van der Waals surface area contributed by atoms with E-state index < -0.39 is 0 Å². The maximum atomic E-state index is 6.27. The fourth-order valence-electron chi connectivity index (χ4n) is 3.13. The molecule has 2 aromatic rings. The molecule has 1 aliphatic carbocycles. The second-order valence-corrected chi connectivity index (χ2v) is 5.90. The number of rotatable bonds is 3. The largest absolute Gasteiger partial charge is 0.497 e. The first-order chi connectivity index (χ1) is 10.2. The molecule has 0 aliphatic heterocycles. The fourth-order valence-corrected chi connectivity index (χ4v) is 3.13. The first-order valence-corrected chi connectivity index (χ1v) is 7.61. The smallest absolute Gasteiger partial charge is 0.122 e. The Balaban J connectivity index is 1.85. The number of methoxy groups -OCH3 is 1. The molecule has 0 fully saturated rings. The van der Waals surface area contributed by atoms with E-state index in [4.69, 9.17) is 10.5 Å². The lowest BCUT2D eigenvalue weighted by molar-refractivity contribution is 0.413. The minimum Gasteiger partial charge on any atom is -0.497 e. The molecule has 4 nitrogen and oxygen atoms in total. The van der Waals surface area contributed by atoms with Crippen LogP contribution in [0.15, 0.2) is 24.5 Å². The topological polar surface area (TPSA) is 53.1 Å². The number of fused-ring (bicyclic) bond motifs is 1. The molecule has 2 N–H and O–H groups in total. The molecule has 0 spiro atoms. The Hall–Kier alpha value is -1.81. The molecule has 0 saturated heterocycles. The highest BCUT2D eigenvalue weighted by molar-refractivity contribution is 5.31. The van der Waals surface area contributed by atoms with E-state index in [9.17, 15) is 0 Å². The van der Waals surface area contributed by atoms with Crippen LogP contribution in [0.25, 0.3) is 0 Å². The van der Waals surface area contributed by atoms with Gasteiger partial charge in [-0.05, 0) is 37.3 Å². The van der Waals surface area contributed by atoms with Crippen molar-refractivity contribution in [3.05, 3.63) is 47.0 Å². The van der Waals surface area contributed by atoms with Gasteiger partial charge < -0.3 is 15.0 Å². The summed E-state index contributed by atoms with van der Waals surface area (Å²) in [5.41, 5.74) is 11.0. The SMILES string of the molecule is COc1cc(C)nc(Cn2cc3c(c2)C(N)CCCC3)c1. The summed E-state index contributed by atoms with van der Waals surface area (Å²) >= 11 is 0. The summed E-state index contributed by atoms with van der Waals surface area (Å²) < 4.78 is 7.52. The predicted molar refractivity (Wildman–Crippen MR) is 83.5 cm³/mol. The number of pyridine rings is 1. The Bertz CT molecular complexity index is 633. The average molecular weight is 285 g/mol. The van der Waals surface area contributed by atoms with Gasteiger partial charge in [0.1, 0.15) is 5.75 Å². The molecule has 0 amide bonds. The van der Waals surface area contributed by atoms with E-state index in [0.29, 0.717) is 0 Å². The monoisotopic (exact) mass is 285 g/mol. The van der Waals surface area contributed by atoms with E-state index in [1.807, 2.05) is 19.1 Å². The number of nitrogens with two attached hydrogens (primary N) is 1. The van der Waals surface area contributed by atoms with Crippen molar-refractivity contribution in [3.8, 4) is 5.75 Å². The van der Waals surface area contributed by atoms with Crippen molar-refractivity contribution < 1.29 is 4.74 Å². The third kappa shape index (κ3) is 3.10. The molecule has 1 unspecified atom stereocenters. The molecule has 2 heterocycles. The minimum atomic E-state index is 0.184. The molecule has 2 aromatic heterocycles. The van der Waals surface area contributed by atoms with Crippen LogP contribution in [0.5, 0.6) is 5.75 Å². The van der Waals surface area contributed by atoms with Gasteiger partial charge in [-0.1, -0.05) is 6.42 Å². The second kappa shape index (κ2) is 5.90. The lowest BCUT2D eigenvalue weighted by Crippen LogP contribution is -2.09. The van der Waals surface area contributed by atoms with Gasteiger partial charge in [0.05, 0.1) is 19.3 Å². The number of ether oxygens (including phenoxy) is 1. The van der Waals surface area contributed by atoms with Crippen molar-refractivity contribution in [1.82, 2.24) is 9.55 Å². The summed E-state index contributed by atoms with van der Waals surface area (Å²) in [6, 6.07) is 4.13. The molecule has 1 aliphatic rings. The molecular formula is C17H23N3O. The minimum absolute atomic E-state index is 0.184. The van der Waals surface area contributed by atoms with E-state index in [1.54, 1.807) is 7.11 Å². The molecule has 3 rings (SSSR count). The zero-order chi connectivity index (χ0) is 14.8. The zero-order valence-corrected chi connectivity index (χ0v) is 12.8. The van der Waals surface area contributed by atoms with Crippen LogP contribution < -0.4 is 10.5 Å². The van der Waals surface area contributed by atoms with E-state index in [1.165, 1.54) is 24.0 Å². The molecule has 0 radical (unpaired) electrons. The Morgan fingerprint density at radius 1 is 1.33 bits per heavy atom. The van der Waals surface area contributed by atoms with Crippen LogP contribution in [0.4, 0.5) is 0 Å². The summed E-state index contributed by atoms with van der Waals surface area (Å²) in [5.74, 6) is 0.864. The fraction of sp³-hybridized carbons (Fsp3) is 0.471. The van der Waals surface area contributed by atoms with Crippen LogP contribution in [0.3, 0.4) is 0 Å². The Morgan fingerprint density at radius 3 is 3.00 bits per heavy atom. The maximum Gasteiger partial charge on any atom is 0.122 e. The van der Waals surface area contributed by atoms with Crippen molar-refractivity contribution in [2.24, 2.45) is 5.73 Å². The average Bonchev–Trinajstić information content (AvgIpc) is 2.77. The number of aryl methyl sites for hydroxylation is 2. The van der Waals surface area contributed by atoms with E-state index in [0.717, 1.165) is 36.5 Å². The number of hydrogen-bond donors (Lipinski definition) is 1. The van der Waals surface area contributed by atoms with Gasteiger partial charge in [-0.15, -0.1) is 0 Å². The van der Waals surface area contributed by atoms with Crippen LogP contribution in [0.1, 0.15) is 47.8 Å². The molecule has 21 heavy (non-hydrogen) atoms. The van der Waals surface area contributed by atoms with Gasteiger partial charge in [0, 0.05) is 36.3 Å². The van der Waals surface area contributed by atoms with E-state index in [2.05, 4.69) is 21.9 Å². The van der Waals surface area contributed by atoms with E-state index >= 15 is 0 Å². The molecule has 0 saturated carbocycles. The highest BCUT2D eigenvalue weighted by atomic mass is 16.5. The van der Waals surface area contributed by atoms with E-state index in [-0.39, 0.29) is 6.04 Å². The standard InChI is InChI=1S/C17H23N3O/c1-12-7-15(21-2)8-14(19-12)10-20-9-13-5-3-4-6-17(18)16(13)11-20/h7-9,11,17H,3-6,10,18H2,1-2H3. The third-order valence-electron chi connectivity index (χ3n) is 4.17. The van der Waals surface area contributed by atoms with Crippen LogP contribution in [-0.4, -0.2) is 16.7 Å². The second-order valence-electron chi connectivity index (χ2n) is 5.90. The Kier molecular flexibility index (Phi) is 3.97. The summed E-state index contributed by atoms with van der Waals surface area (Å²) in [7, 11) is 1.69. The van der Waals surface area contributed by atoms with Crippen molar-refractivity contribution in [2.45, 2.75) is 45.2 Å². The molecule has 0 bridgehead atoms. The van der Waals surface area contributed by atoms with Gasteiger partial charge in [-0.3, -0.25) is 4.98 Å². The van der Waals surface area contributed by atoms with Gasteiger partial charge in [-0.2, -0.15) is 0 Å². The van der Waals surface area contributed by atoms with Gasteiger partial charge in [0.25, 0.3) is 0 Å². The number of nitrogens with zero attached hydrogens (tertiary/aromatic N) is 2. The lowest BCUT2D eigenvalue weighted by Gasteiger charge is -2.08. The summed E-state index contributed by atoms with van der Waals surface area (Å²) in [6.45, 7) is 2.75. The highest BCUT2D eigenvalue weighted by Crippen LogP contribution is 2.28. The van der Waals surface area contributed by atoms with Gasteiger partial charge in [-0.25, -0.2) is 0 Å². The Labute approximate surface area is 125 Å². The summed E-state index contributed by atoms with van der Waals surface area (Å²) in [5, 5.41) is 0. The van der Waals surface area contributed by atoms with Gasteiger partial charge >= 0.3 is 0 Å². The quantitative estimate of drug-likeness (QED) is 0.882. The van der Waals surface area contributed by atoms with Crippen molar-refractivity contribution in [1.29, 1.82) is 0 Å². The molecule has 1 atom stereocenters. The first-order valence-electron chi connectivity index (χ1n) is 7.61. The molecule has 0 aromatic carbocycles. The van der Waals surface area contributed by atoms with Crippen LogP contribution >= 0.6 is 0 Å². The van der Waals surface area contributed by atoms with Crippen molar-refractivity contribution in [2.75, 3.05) is 7.11 Å². The number of aromatic nitrogens is 2. The Morgan fingerprint density at radius 2 is 2.19 bits per heavy atom. The van der Waals surface area contributed by atoms with Crippen molar-refractivity contribution >= 4 is 0 Å². The third-order valence-corrected chi connectivity index (χ3v) is 4.17. The van der Waals surface area contributed by atoms with Crippen LogP contribution in [0.2, 0.25) is 0 Å². The van der Waals surface area contributed by atoms with Crippen LogP contribution in [-0.2, 0) is 13.0 Å². The summed E-state index contributed by atoms with van der Waals surface area (Å²) in [6.07, 6.45) is 9.13.